The Morgan fingerprint density at radius 2 is 2.36 bits per heavy atom. The lowest BCUT2D eigenvalue weighted by molar-refractivity contribution is 0.0162. The number of carbonyl (C=O) groups excluding carboxylic acids is 1. The summed E-state index contributed by atoms with van der Waals surface area (Å²) >= 11 is 0. The fraction of sp³-hybridized carbons (Fsp3) is 0.889. The summed E-state index contributed by atoms with van der Waals surface area (Å²) < 4.78 is 5.02. The van der Waals surface area contributed by atoms with Crippen LogP contribution in [0, 0.1) is 11.8 Å². The molecule has 3 atom stereocenters. The van der Waals surface area contributed by atoms with E-state index in [4.69, 9.17) is 4.74 Å². The third-order valence-corrected chi connectivity index (χ3v) is 3.37. The first-order chi connectivity index (χ1) is 5.24. The maximum atomic E-state index is 10.1. The van der Waals surface area contributed by atoms with Gasteiger partial charge in [0.05, 0.1) is 0 Å². The quantitative estimate of drug-likeness (QED) is 0.603. The van der Waals surface area contributed by atoms with Crippen LogP contribution in [-0.4, -0.2) is 12.1 Å². The molecule has 0 spiro atoms. The molecule has 0 aromatic heterocycles. The van der Waals surface area contributed by atoms with Crippen molar-refractivity contribution >= 4 is 6.47 Å². The molecule has 11 heavy (non-hydrogen) atoms. The van der Waals surface area contributed by atoms with Gasteiger partial charge in [0.25, 0.3) is 0 Å². The molecule has 2 saturated carbocycles. The van der Waals surface area contributed by atoms with E-state index in [0.717, 1.165) is 12.3 Å². The van der Waals surface area contributed by atoms with Gasteiger partial charge < -0.3 is 4.74 Å². The van der Waals surface area contributed by atoms with Crippen LogP contribution in [0.15, 0.2) is 0 Å². The molecule has 3 unspecified atom stereocenters. The molecule has 1 radical (unpaired) electrons. The molecule has 0 saturated heterocycles. The van der Waals surface area contributed by atoms with Crippen molar-refractivity contribution in [1.29, 1.82) is 0 Å². The van der Waals surface area contributed by atoms with Gasteiger partial charge in [0.1, 0.15) is 5.60 Å². The Balaban J connectivity index is 2.10. The third-order valence-electron chi connectivity index (χ3n) is 3.37. The van der Waals surface area contributed by atoms with Crippen molar-refractivity contribution in [2.75, 3.05) is 0 Å². The maximum absolute atomic E-state index is 10.1. The predicted octanol–water partition coefficient (Wildman–Crippen LogP) is 1.65. The van der Waals surface area contributed by atoms with Crippen LogP contribution in [-0.2, 0) is 9.53 Å². The van der Waals surface area contributed by atoms with E-state index >= 15 is 0 Å². The molecule has 0 N–H and O–H groups in total. The molecule has 2 aliphatic carbocycles. The van der Waals surface area contributed by atoms with Crippen LogP contribution < -0.4 is 0 Å². The number of ether oxygens (including phenoxy) is 1. The summed E-state index contributed by atoms with van der Waals surface area (Å²) in [7, 11) is 0. The highest BCUT2D eigenvalue weighted by atomic mass is 16.5. The third kappa shape index (κ3) is 0.959. The molecule has 0 heterocycles. The average molecular weight is 153 g/mol. The summed E-state index contributed by atoms with van der Waals surface area (Å²) in [5.74, 6) is 1.44. The van der Waals surface area contributed by atoms with Crippen LogP contribution in [0.1, 0.15) is 32.6 Å². The summed E-state index contributed by atoms with van der Waals surface area (Å²) in [4.78, 5) is 10.1. The van der Waals surface area contributed by atoms with Gasteiger partial charge in [-0.1, -0.05) is 0 Å². The Labute approximate surface area is 66.9 Å². The second kappa shape index (κ2) is 2.23. The topological polar surface area (TPSA) is 26.3 Å². The van der Waals surface area contributed by atoms with Crippen molar-refractivity contribution in [3.05, 3.63) is 0 Å². The minimum absolute atomic E-state index is 0.162. The molecular weight excluding hydrogens is 140 g/mol. The minimum Gasteiger partial charge on any atom is -0.451 e. The van der Waals surface area contributed by atoms with Gasteiger partial charge in [0, 0.05) is 0 Å². The summed E-state index contributed by atoms with van der Waals surface area (Å²) in [6.07, 6.45) is 4.90. The smallest absolute Gasteiger partial charge is 0.418 e. The van der Waals surface area contributed by atoms with Crippen molar-refractivity contribution in [3.63, 3.8) is 0 Å². The van der Waals surface area contributed by atoms with Gasteiger partial charge >= 0.3 is 6.47 Å². The molecule has 0 aliphatic heterocycles. The van der Waals surface area contributed by atoms with Crippen LogP contribution in [0.5, 0.6) is 0 Å². The molecule has 0 aromatic carbocycles. The summed E-state index contributed by atoms with van der Waals surface area (Å²) in [5.41, 5.74) is -0.162. The van der Waals surface area contributed by atoms with Crippen molar-refractivity contribution < 1.29 is 9.53 Å². The SMILES string of the molecule is CC1(O[C]=O)CC2CCC1C2. The first-order valence-electron chi connectivity index (χ1n) is 4.30. The van der Waals surface area contributed by atoms with Gasteiger partial charge in [-0.05, 0) is 44.4 Å². The number of hydrogen-bond acceptors (Lipinski definition) is 2. The van der Waals surface area contributed by atoms with Crippen molar-refractivity contribution in [3.8, 4) is 0 Å². The normalized spacial score (nSPS) is 47.7. The van der Waals surface area contributed by atoms with Crippen LogP contribution in [0.25, 0.3) is 0 Å². The van der Waals surface area contributed by atoms with Crippen molar-refractivity contribution in [1.82, 2.24) is 0 Å². The predicted molar refractivity (Wildman–Crippen MR) is 40.6 cm³/mol. The molecule has 2 fully saturated rings. The Bertz CT molecular complexity index is 178. The summed E-state index contributed by atoms with van der Waals surface area (Å²) in [6, 6.07) is 0. The lowest BCUT2D eigenvalue weighted by atomic mass is 9.86. The molecule has 2 heteroatoms. The van der Waals surface area contributed by atoms with E-state index in [1.165, 1.54) is 19.3 Å². The van der Waals surface area contributed by atoms with Crippen LogP contribution in [0.2, 0.25) is 0 Å². The van der Waals surface area contributed by atoms with Crippen molar-refractivity contribution in [2.45, 2.75) is 38.2 Å². The second-order valence-electron chi connectivity index (χ2n) is 4.08. The van der Waals surface area contributed by atoms with Crippen LogP contribution in [0.3, 0.4) is 0 Å². The van der Waals surface area contributed by atoms with Crippen LogP contribution in [0.4, 0.5) is 0 Å². The van der Waals surface area contributed by atoms with E-state index in [1.807, 2.05) is 6.92 Å². The fourth-order valence-electron chi connectivity index (χ4n) is 2.78. The number of fused-ring (bicyclic) bond motifs is 2. The van der Waals surface area contributed by atoms with Gasteiger partial charge in [0.15, 0.2) is 0 Å². The number of rotatable bonds is 2. The standard InChI is InChI=1S/C9H13O2/c1-9(11-6-10)5-7-2-3-8(9)4-7/h7-8H,2-5H2,1H3. The van der Waals surface area contributed by atoms with E-state index in [2.05, 4.69) is 0 Å². The molecule has 0 amide bonds. The summed E-state index contributed by atoms with van der Waals surface area (Å²) in [6.45, 7) is 3.63. The molecule has 2 aliphatic rings. The lowest BCUT2D eigenvalue weighted by Crippen LogP contribution is -2.34. The highest BCUT2D eigenvalue weighted by molar-refractivity contribution is 5.40. The van der Waals surface area contributed by atoms with Gasteiger partial charge in [-0.3, -0.25) is 0 Å². The van der Waals surface area contributed by atoms with Gasteiger partial charge in [-0.2, -0.15) is 0 Å². The fourth-order valence-corrected chi connectivity index (χ4v) is 2.78. The Kier molecular flexibility index (Phi) is 1.44. The second-order valence-corrected chi connectivity index (χ2v) is 4.08. The molecule has 2 bridgehead atoms. The zero-order chi connectivity index (χ0) is 7.90. The highest BCUT2D eigenvalue weighted by Gasteiger charge is 2.49. The van der Waals surface area contributed by atoms with Crippen LogP contribution >= 0.6 is 0 Å². The average Bonchev–Trinajstić information content (AvgIpc) is 2.45. The maximum Gasteiger partial charge on any atom is 0.418 e. The van der Waals surface area contributed by atoms with E-state index in [0.29, 0.717) is 5.92 Å². The molecule has 0 aromatic rings. The number of hydrogen-bond donors (Lipinski definition) is 0. The largest absolute Gasteiger partial charge is 0.451 e. The van der Waals surface area contributed by atoms with E-state index in [9.17, 15) is 4.79 Å². The minimum atomic E-state index is -0.162. The molecular formula is C9H13O2. The zero-order valence-electron chi connectivity index (χ0n) is 6.80. The Hall–Kier alpha value is -0.530. The van der Waals surface area contributed by atoms with E-state index < -0.39 is 0 Å². The van der Waals surface area contributed by atoms with Gasteiger partial charge in [0.2, 0.25) is 0 Å². The van der Waals surface area contributed by atoms with Gasteiger partial charge in [-0.15, -0.1) is 0 Å². The van der Waals surface area contributed by atoms with Gasteiger partial charge in [-0.25, -0.2) is 4.79 Å². The Morgan fingerprint density at radius 3 is 2.82 bits per heavy atom. The molecule has 2 rings (SSSR count). The monoisotopic (exact) mass is 153 g/mol. The lowest BCUT2D eigenvalue weighted by Gasteiger charge is -2.31. The Morgan fingerprint density at radius 1 is 1.55 bits per heavy atom. The summed E-state index contributed by atoms with van der Waals surface area (Å²) in [5, 5.41) is 0. The molecule has 2 nitrogen and oxygen atoms in total. The van der Waals surface area contributed by atoms with E-state index in [1.54, 1.807) is 6.47 Å². The first-order valence-corrected chi connectivity index (χ1v) is 4.30. The zero-order valence-corrected chi connectivity index (χ0v) is 6.80. The molecule has 61 valence electrons. The van der Waals surface area contributed by atoms with Crippen molar-refractivity contribution in [2.24, 2.45) is 11.8 Å². The van der Waals surface area contributed by atoms with E-state index in [-0.39, 0.29) is 5.60 Å². The first kappa shape index (κ1) is 7.14. The highest BCUT2D eigenvalue weighted by Crippen LogP contribution is 2.51.